The number of nitrogens with one attached hydrogen (secondary N) is 4. The van der Waals surface area contributed by atoms with Crippen molar-refractivity contribution in [3.63, 3.8) is 0 Å². The quantitative estimate of drug-likeness (QED) is 0.212. The topological polar surface area (TPSA) is 142 Å². The van der Waals surface area contributed by atoms with Crippen molar-refractivity contribution in [2.45, 2.75) is 51.2 Å². The van der Waals surface area contributed by atoms with Crippen molar-refractivity contribution in [3.05, 3.63) is 72.1 Å². The van der Waals surface area contributed by atoms with Crippen molar-refractivity contribution in [1.29, 1.82) is 0 Å². The standard InChI is InChI=1S/C28H33N5O4/c1-4-37-26(35)24(14-18-16-31-22-12-8-6-10-20(18)22)32-25(34)23(33-27(36)28(2,3)29)13-17-15-30-21-11-7-5-9-19(17)21/h5-12,15-16,23-24,30-31H,4,13-14,29H2,1-3H3,(H,32,34)(H,33,36)/t23-,24?/m1/s1. The predicted molar refractivity (Wildman–Crippen MR) is 143 cm³/mol. The summed E-state index contributed by atoms with van der Waals surface area (Å²) in [4.78, 5) is 45.6. The number of hydrogen-bond acceptors (Lipinski definition) is 5. The molecule has 9 heteroatoms. The predicted octanol–water partition coefficient (Wildman–Crippen LogP) is 2.70. The maximum atomic E-state index is 13.6. The summed E-state index contributed by atoms with van der Waals surface area (Å²) in [5.74, 6) is -1.52. The number of nitrogens with two attached hydrogens (primary N) is 1. The van der Waals surface area contributed by atoms with Crippen LogP contribution in [0.1, 0.15) is 31.9 Å². The van der Waals surface area contributed by atoms with Gasteiger partial charge in [-0.05, 0) is 44.0 Å². The van der Waals surface area contributed by atoms with Gasteiger partial charge in [0.25, 0.3) is 0 Å². The van der Waals surface area contributed by atoms with Gasteiger partial charge in [-0.25, -0.2) is 4.79 Å². The van der Waals surface area contributed by atoms with Gasteiger partial charge in [0.2, 0.25) is 11.8 Å². The zero-order valence-electron chi connectivity index (χ0n) is 21.3. The number of H-pyrrole nitrogens is 2. The highest BCUT2D eigenvalue weighted by molar-refractivity contribution is 5.94. The average molecular weight is 504 g/mol. The third kappa shape index (κ3) is 6.00. The van der Waals surface area contributed by atoms with E-state index in [1.165, 1.54) is 0 Å². The number of rotatable bonds is 10. The Hall–Kier alpha value is -4.11. The SMILES string of the molecule is CCOC(=O)C(Cc1c[nH]c2ccccc12)NC(=O)[C@@H](Cc1c[nH]c2ccccc12)NC(=O)C(C)(C)N. The zero-order chi connectivity index (χ0) is 26.6. The Labute approximate surface area is 215 Å². The van der Waals surface area contributed by atoms with Gasteiger partial charge in [0, 0.05) is 47.0 Å². The van der Waals surface area contributed by atoms with Gasteiger partial charge in [-0.2, -0.15) is 0 Å². The molecule has 2 atom stereocenters. The van der Waals surface area contributed by atoms with Gasteiger partial charge >= 0.3 is 5.97 Å². The number of hydrogen-bond donors (Lipinski definition) is 5. The van der Waals surface area contributed by atoms with E-state index in [0.717, 1.165) is 32.9 Å². The van der Waals surface area contributed by atoms with E-state index >= 15 is 0 Å². The lowest BCUT2D eigenvalue weighted by atomic mass is 10.00. The number of carbonyl (C=O) groups excluding carboxylic acids is 3. The molecule has 2 aromatic carbocycles. The number of carbonyl (C=O) groups is 3. The smallest absolute Gasteiger partial charge is 0.328 e. The Morgan fingerprint density at radius 2 is 1.38 bits per heavy atom. The minimum atomic E-state index is -1.19. The number of benzene rings is 2. The third-order valence-electron chi connectivity index (χ3n) is 6.29. The summed E-state index contributed by atoms with van der Waals surface area (Å²) in [6.45, 7) is 5.03. The van der Waals surface area contributed by atoms with E-state index in [9.17, 15) is 14.4 Å². The van der Waals surface area contributed by atoms with Gasteiger partial charge in [0.05, 0.1) is 12.1 Å². The van der Waals surface area contributed by atoms with Gasteiger partial charge in [-0.15, -0.1) is 0 Å². The molecule has 2 heterocycles. The largest absolute Gasteiger partial charge is 0.464 e. The van der Waals surface area contributed by atoms with Crippen molar-refractivity contribution in [2.24, 2.45) is 5.73 Å². The lowest BCUT2D eigenvalue weighted by Crippen LogP contribution is -2.58. The van der Waals surface area contributed by atoms with Crippen LogP contribution in [-0.2, 0) is 32.0 Å². The van der Waals surface area contributed by atoms with Crippen LogP contribution in [0.3, 0.4) is 0 Å². The van der Waals surface area contributed by atoms with Crippen molar-refractivity contribution in [1.82, 2.24) is 20.6 Å². The van der Waals surface area contributed by atoms with Crippen LogP contribution in [0.4, 0.5) is 0 Å². The van der Waals surface area contributed by atoms with E-state index in [1.807, 2.05) is 60.9 Å². The molecule has 2 aromatic heterocycles. The molecule has 9 nitrogen and oxygen atoms in total. The summed E-state index contributed by atoms with van der Waals surface area (Å²) in [7, 11) is 0. The Morgan fingerprint density at radius 1 is 0.865 bits per heavy atom. The van der Waals surface area contributed by atoms with Gasteiger partial charge in [0.1, 0.15) is 12.1 Å². The number of aromatic amines is 2. The molecule has 6 N–H and O–H groups in total. The normalized spacial score (nSPS) is 13.3. The van der Waals surface area contributed by atoms with E-state index in [0.29, 0.717) is 0 Å². The van der Waals surface area contributed by atoms with E-state index in [-0.39, 0.29) is 19.4 Å². The summed E-state index contributed by atoms with van der Waals surface area (Å²) in [5.41, 5.74) is 8.38. The number of para-hydroxylation sites is 2. The highest BCUT2D eigenvalue weighted by Gasteiger charge is 2.32. The molecule has 4 aromatic rings. The zero-order valence-corrected chi connectivity index (χ0v) is 21.3. The summed E-state index contributed by atoms with van der Waals surface area (Å²) >= 11 is 0. The second-order valence-corrected chi connectivity index (χ2v) is 9.69. The van der Waals surface area contributed by atoms with Crippen LogP contribution in [-0.4, -0.2) is 52.0 Å². The molecule has 0 aliphatic carbocycles. The highest BCUT2D eigenvalue weighted by atomic mass is 16.5. The maximum Gasteiger partial charge on any atom is 0.328 e. The first-order valence-corrected chi connectivity index (χ1v) is 12.3. The van der Waals surface area contributed by atoms with Crippen LogP contribution in [0, 0.1) is 0 Å². The van der Waals surface area contributed by atoms with Crippen molar-refractivity contribution >= 4 is 39.6 Å². The van der Waals surface area contributed by atoms with Crippen LogP contribution in [0.5, 0.6) is 0 Å². The average Bonchev–Trinajstić information content (AvgIpc) is 3.47. The van der Waals surface area contributed by atoms with Crippen molar-refractivity contribution < 1.29 is 19.1 Å². The Kier molecular flexibility index (Phi) is 7.63. The molecule has 0 bridgehead atoms. The number of esters is 1. The molecule has 0 aliphatic heterocycles. The lowest BCUT2D eigenvalue weighted by molar-refractivity contribution is -0.147. The minimum Gasteiger partial charge on any atom is -0.464 e. The van der Waals surface area contributed by atoms with Gasteiger partial charge in [0.15, 0.2) is 0 Å². The molecule has 0 radical (unpaired) electrons. The molecule has 37 heavy (non-hydrogen) atoms. The number of ether oxygens (including phenoxy) is 1. The first-order chi connectivity index (χ1) is 17.7. The van der Waals surface area contributed by atoms with E-state index in [2.05, 4.69) is 20.6 Å². The first kappa shape index (κ1) is 26.0. The van der Waals surface area contributed by atoms with Crippen molar-refractivity contribution in [3.8, 4) is 0 Å². The van der Waals surface area contributed by atoms with E-state index in [1.54, 1.807) is 20.8 Å². The molecule has 2 amide bonds. The molecule has 0 aliphatic rings. The lowest BCUT2D eigenvalue weighted by Gasteiger charge is -2.25. The van der Waals surface area contributed by atoms with Crippen molar-refractivity contribution in [2.75, 3.05) is 6.61 Å². The van der Waals surface area contributed by atoms with Crippen LogP contribution in [0.25, 0.3) is 21.8 Å². The molecule has 4 rings (SSSR count). The Bertz CT molecular complexity index is 1410. The summed E-state index contributed by atoms with van der Waals surface area (Å²) < 4.78 is 5.27. The molecule has 0 fully saturated rings. The van der Waals surface area contributed by atoms with E-state index in [4.69, 9.17) is 10.5 Å². The Morgan fingerprint density at radius 3 is 1.89 bits per heavy atom. The van der Waals surface area contributed by atoms with Gasteiger partial charge < -0.3 is 31.1 Å². The van der Waals surface area contributed by atoms with Crippen LogP contribution in [0.15, 0.2) is 60.9 Å². The summed E-state index contributed by atoms with van der Waals surface area (Å²) in [5, 5.41) is 7.51. The third-order valence-corrected chi connectivity index (χ3v) is 6.29. The molecular weight excluding hydrogens is 470 g/mol. The fourth-order valence-electron chi connectivity index (χ4n) is 4.30. The molecule has 194 valence electrons. The monoisotopic (exact) mass is 503 g/mol. The molecular formula is C28H33N5O4. The summed E-state index contributed by atoms with van der Waals surface area (Å²) in [6, 6.07) is 13.5. The fraction of sp³-hybridized carbons (Fsp3) is 0.321. The van der Waals surface area contributed by atoms with Crippen LogP contribution >= 0.6 is 0 Å². The van der Waals surface area contributed by atoms with E-state index < -0.39 is 35.4 Å². The summed E-state index contributed by atoms with van der Waals surface area (Å²) in [6.07, 6.45) is 4.08. The highest BCUT2D eigenvalue weighted by Crippen LogP contribution is 2.21. The number of fused-ring (bicyclic) bond motifs is 2. The molecule has 0 spiro atoms. The Balaban J connectivity index is 1.60. The fourth-order valence-corrected chi connectivity index (χ4v) is 4.30. The molecule has 1 unspecified atom stereocenters. The molecule has 0 saturated carbocycles. The molecule has 0 saturated heterocycles. The maximum absolute atomic E-state index is 13.6. The first-order valence-electron chi connectivity index (χ1n) is 12.3. The second kappa shape index (κ2) is 10.9. The van der Waals surface area contributed by atoms with Gasteiger partial charge in [-0.1, -0.05) is 36.4 Å². The number of aromatic nitrogens is 2. The minimum absolute atomic E-state index is 0.177. The van der Waals surface area contributed by atoms with Gasteiger partial charge in [-0.3, -0.25) is 9.59 Å². The second-order valence-electron chi connectivity index (χ2n) is 9.69. The number of amides is 2. The van der Waals surface area contributed by atoms with Crippen LogP contribution < -0.4 is 16.4 Å². The van der Waals surface area contributed by atoms with Crippen LogP contribution in [0.2, 0.25) is 0 Å².